The number of carbonyl (C=O) groups excluding carboxylic acids is 2. The number of fused-ring (bicyclic) bond motifs is 4. The summed E-state index contributed by atoms with van der Waals surface area (Å²) in [5.74, 6) is 1.15. The predicted octanol–water partition coefficient (Wildman–Crippen LogP) is 1.65. The molecular formula is C23H29N5O2. The van der Waals surface area contributed by atoms with Crippen molar-refractivity contribution in [3.8, 4) is 0 Å². The molecule has 0 unspecified atom stereocenters. The Morgan fingerprint density at radius 3 is 3.00 bits per heavy atom. The molecular weight excluding hydrogens is 378 g/mol. The van der Waals surface area contributed by atoms with E-state index >= 15 is 0 Å². The van der Waals surface area contributed by atoms with Crippen LogP contribution >= 0.6 is 0 Å². The van der Waals surface area contributed by atoms with Crippen LogP contribution in [0.4, 0.5) is 0 Å². The Hall–Kier alpha value is -2.67. The Labute approximate surface area is 176 Å². The van der Waals surface area contributed by atoms with Crippen LogP contribution in [0.25, 0.3) is 0 Å². The molecule has 7 nitrogen and oxygen atoms in total. The van der Waals surface area contributed by atoms with Gasteiger partial charge in [-0.1, -0.05) is 12.1 Å². The fourth-order valence-corrected chi connectivity index (χ4v) is 5.59. The fraction of sp³-hybridized carbons (Fsp3) is 0.522. The van der Waals surface area contributed by atoms with Gasteiger partial charge in [-0.25, -0.2) is 0 Å². The van der Waals surface area contributed by atoms with E-state index in [1.807, 2.05) is 41.2 Å². The van der Waals surface area contributed by atoms with Crippen LogP contribution in [-0.4, -0.2) is 58.2 Å². The molecule has 3 aliphatic rings. The van der Waals surface area contributed by atoms with Crippen LogP contribution in [0.2, 0.25) is 0 Å². The summed E-state index contributed by atoms with van der Waals surface area (Å²) in [6.45, 7) is 3.08. The molecule has 2 aromatic rings. The molecule has 2 bridgehead atoms. The monoisotopic (exact) mass is 407 g/mol. The van der Waals surface area contributed by atoms with Crippen LogP contribution in [0.1, 0.15) is 41.6 Å². The van der Waals surface area contributed by atoms with Gasteiger partial charge in [-0.15, -0.1) is 0 Å². The summed E-state index contributed by atoms with van der Waals surface area (Å²) in [7, 11) is 0. The first kappa shape index (κ1) is 19.3. The molecule has 4 heterocycles. The number of nitrogens with zero attached hydrogens (tertiary/aromatic N) is 3. The average Bonchev–Trinajstić information content (AvgIpc) is 3.27. The minimum atomic E-state index is -0.0794. The van der Waals surface area contributed by atoms with Crippen LogP contribution in [0.5, 0.6) is 0 Å². The Bertz CT molecular complexity index is 912. The highest BCUT2D eigenvalue weighted by Gasteiger charge is 2.47. The fourth-order valence-electron chi connectivity index (χ4n) is 5.59. The molecule has 3 aliphatic heterocycles. The molecule has 2 amide bonds. The predicted molar refractivity (Wildman–Crippen MR) is 113 cm³/mol. The van der Waals surface area contributed by atoms with Gasteiger partial charge in [0, 0.05) is 43.5 Å². The minimum absolute atomic E-state index is 0.0794. The van der Waals surface area contributed by atoms with Crippen LogP contribution in [0, 0.1) is 11.8 Å². The molecule has 3 fully saturated rings. The van der Waals surface area contributed by atoms with E-state index in [-0.39, 0.29) is 17.9 Å². The number of carbonyl (C=O) groups is 2. The molecule has 158 valence electrons. The lowest BCUT2D eigenvalue weighted by molar-refractivity contribution is -0.148. The molecule has 5 rings (SSSR count). The Morgan fingerprint density at radius 1 is 1.23 bits per heavy atom. The summed E-state index contributed by atoms with van der Waals surface area (Å²) in [4.78, 5) is 27.8. The van der Waals surface area contributed by atoms with Gasteiger partial charge < -0.3 is 15.5 Å². The maximum absolute atomic E-state index is 12.9. The lowest BCUT2D eigenvalue weighted by atomic mass is 9.72. The lowest BCUT2D eigenvalue weighted by Crippen LogP contribution is -2.66. The highest BCUT2D eigenvalue weighted by atomic mass is 16.2. The van der Waals surface area contributed by atoms with Gasteiger partial charge in [0.2, 0.25) is 5.91 Å². The van der Waals surface area contributed by atoms with Gasteiger partial charge in [-0.05, 0) is 61.4 Å². The second kappa shape index (κ2) is 8.22. The molecule has 30 heavy (non-hydrogen) atoms. The van der Waals surface area contributed by atoms with E-state index in [9.17, 15) is 9.59 Å². The second-order valence-corrected chi connectivity index (χ2v) is 8.86. The number of rotatable bonds is 5. The first-order valence-electron chi connectivity index (χ1n) is 11.1. The largest absolute Gasteiger partial charge is 0.350 e. The van der Waals surface area contributed by atoms with Crippen LogP contribution < -0.4 is 10.6 Å². The Morgan fingerprint density at radius 2 is 2.13 bits per heavy atom. The molecule has 3 saturated heterocycles. The quantitative estimate of drug-likeness (QED) is 0.790. The van der Waals surface area contributed by atoms with Gasteiger partial charge in [-0.2, -0.15) is 5.10 Å². The van der Waals surface area contributed by atoms with E-state index in [0.29, 0.717) is 43.0 Å². The van der Waals surface area contributed by atoms with Gasteiger partial charge in [0.25, 0.3) is 5.91 Å². The number of aromatic nitrogens is 2. The zero-order valence-electron chi connectivity index (χ0n) is 17.2. The first-order valence-corrected chi connectivity index (χ1v) is 11.1. The molecule has 7 heteroatoms. The third-order valence-corrected chi connectivity index (χ3v) is 6.96. The smallest absolute Gasteiger partial charge is 0.251 e. The zero-order chi connectivity index (χ0) is 20.5. The molecule has 0 saturated carbocycles. The second-order valence-electron chi connectivity index (χ2n) is 8.86. The highest BCUT2D eigenvalue weighted by Crippen LogP contribution is 2.39. The molecule has 2 N–H and O–H groups in total. The van der Waals surface area contributed by atoms with Crippen molar-refractivity contribution in [1.29, 1.82) is 0 Å². The van der Waals surface area contributed by atoms with Gasteiger partial charge >= 0.3 is 0 Å². The third kappa shape index (κ3) is 3.74. The summed E-state index contributed by atoms with van der Waals surface area (Å²) in [6.07, 6.45) is 7.53. The average molecular weight is 408 g/mol. The van der Waals surface area contributed by atoms with Gasteiger partial charge in [0.15, 0.2) is 0 Å². The highest BCUT2D eigenvalue weighted by molar-refractivity contribution is 5.94. The molecule has 0 aliphatic carbocycles. The summed E-state index contributed by atoms with van der Waals surface area (Å²) in [5, 5.41) is 10.9. The van der Waals surface area contributed by atoms with Crippen molar-refractivity contribution in [2.45, 2.75) is 44.3 Å². The molecule has 0 spiro atoms. The molecule has 1 aromatic heterocycles. The first-order chi connectivity index (χ1) is 14.7. The number of hydrogen-bond acceptors (Lipinski definition) is 4. The zero-order valence-corrected chi connectivity index (χ0v) is 17.2. The van der Waals surface area contributed by atoms with Gasteiger partial charge in [0.1, 0.15) is 0 Å². The van der Waals surface area contributed by atoms with Crippen molar-refractivity contribution in [2.24, 2.45) is 11.8 Å². The number of piperidine rings is 3. The van der Waals surface area contributed by atoms with Crippen molar-refractivity contribution in [1.82, 2.24) is 25.3 Å². The van der Waals surface area contributed by atoms with Crippen molar-refractivity contribution in [3.63, 3.8) is 0 Å². The Balaban J connectivity index is 1.28. The number of benzene rings is 1. The summed E-state index contributed by atoms with van der Waals surface area (Å²) < 4.78 is 1.84. The third-order valence-electron chi connectivity index (χ3n) is 6.96. The molecule has 4 atom stereocenters. The van der Waals surface area contributed by atoms with Crippen molar-refractivity contribution >= 4 is 11.8 Å². The number of nitrogens with one attached hydrogen (secondary N) is 2. The summed E-state index contributed by atoms with van der Waals surface area (Å²) >= 11 is 0. The number of amides is 2. The van der Waals surface area contributed by atoms with Crippen LogP contribution in [-0.2, 0) is 11.3 Å². The SMILES string of the molecule is O=C(NC[C@H]1[C@@H]2CNC[C@@H](C2)[C@@H]2CCCC(=O)N21)c1cccc(Cn2cccn2)c1. The van der Waals surface area contributed by atoms with Crippen LogP contribution in [0.3, 0.4) is 0 Å². The Kier molecular flexibility index (Phi) is 5.29. The standard InChI is InChI=1S/C23H29N5O2/c29-22-7-2-6-20-18-11-19(13-24-12-18)21(28(20)22)14-25-23(30)17-5-1-4-16(10-17)15-27-9-3-8-26-27/h1,3-5,8-10,18-21,24H,2,6-7,11-15H2,(H,25,30)/t18-,19+,20+,21+/m1/s1. The van der Waals surface area contributed by atoms with E-state index in [2.05, 4.69) is 20.6 Å². The lowest BCUT2D eigenvalue weighted by Gasteiger charge is -2.54. The van der Waals surface area contributed by atoms with Crippen molar-refractivity contribution in [3.05, 3.63) is 53.9 Å². The van der Waals surface area contributed by atoms with E-state index in [0.717, 1.165) is 37.9 Å². The number of hydrogen-bond donors (Lipinski definition) is 2. The maximum Gasteiger partial charge on any atom is 0.251 e. The summed E-state index contributed by atoms with van der Waals surface area (Å²) in [6, 6.07) is 9.98. The van der Waals surface area contributed by atoms with Gasteiger partial charge in [-0.3, -0.25) is 14.3 Å². The van der Waals surface area contributed by atoms with Gasteiger partial charge in [0.05, 0.1) is 12.6 Å². The maximum atomic E-state index is 12.9. The molecule has 1 aromatic carbocycles. The van der Waals surface area contributed by atoms with E-state index in [1.54, 1.807) is 6.20 Å². The van der Waals surface area contributed by atoms with Crippen molar-refractivity contribution < 1.29 is 9.59 Å². The topological polar surface area (TPSA) is 79.3 Å². The normalized spacial score (nSPS) is 28.1. The molecule has 0 radical (unpaired) electrons. The summed E-state index contributed by atoms with van der Waals surface area (Å²) in [5.41, 5.74) is 1.69. The van der Waals surface area contributed by atoms with Crippen LogP contribution in [0.15, 0.2) is 42.7 Å². The van der Waals surface area contributed by atoms with E-state index in [4.69, 9.17) is 0 Å². The van der Waals surface area contributed by atoms with E-state index in [1.165, 1.54) is 0 Å². The van der Waals surface area contributed by atoms with Crippen molar-refractivity contribution in [2.75, 3.05) is 19.6 Å². The minimum Gasteiger partial charge on any atom is -0.350 e. The van der Waals surface area contributed by atoms with E-state index < -0.39 is 0 Å².